The van der Waals surface area contributed by atoms with E-state index >= 15 is 0 Å². The van der Waals surface area contributed by atoms with E-state index in [-0.39, 0.29) is 0 Å². The quantitative estimate of drug-likeness (QED) is 0.855. The predicted molar refractivity (Wildman–Crippen MR) is 77.9 cm³/mol. The van der Waals surface area contributed by atoms with Gasteiger partial charge in [0.05, 0.1) is 7.11 Å². The molecule has 0 bridgehead atoms. The number of hydrogen-bond acceptors (Lipinski definition) is 4. The zero-order valence-electron chi connectivity index (χ0n) is 11.7. The van der Waals surface area contributed by atoms with Crippen molar-refractivity contribution < 1.29 is 22.3 Å². The van der Waals surface area contributed by atoms with Crippen molar-refractivity contribution >= 4 is 16.0 Å². The molecule has 1 atom stereocenters. The van der Waals surface area contributed by atoms with Crippen LogP contribution in [-0.4, -0.2) is 21.5 Å². The molecule has 2 aromatic rings. The van der Waals surface area contributed by atoms with E-state index < -0.39 is 32.7 Å². The fourth-order valence-electron chi connectivity index (χ4n) is 1.90. The van der Waals surface area contributed by atoms with Gasteiger partial charge in [-0.1, -0.05) is 42.5 Å². The minimum atomic E-state index is -4.22. The predicted octanol–water partition coefficient (Wildman–Crippen LogP) is 2.02. The molecule has 22 heavy (non-hydrogen) atoms. The Kier molecular flexibility index (Phi) is 4.89. The molecule has 0 amide bonds. The molecule has 1 unspecified atom stereocenters. The SMILES string of the molecule is COC(=O)C(NS(=O)(=O)c1ccccc1F)c1ccccc1. The van der Waals surface area contributed by atoms with Crippen LogP contribution in [0, 0.1) is 5.82 Å². The molecular formula is C15H14FNO4S. The molecule has 0 saturated carbocycles. The summed E-state index contributed by atoms with van der Waals surface area (Å²) in [6, 6.07) is 11.9. The maximum absolute atomic E-state index is 13.7. The van der Waals surface area contributed by atoms with Gasteiger partial charge < -0.3 is 4.74 Å². The summed E-state index contributed by atoms with van der Waals surface area (Å²) in [6.07, 6.45) is 0. The Morgan fingerprint density at radius 2 is 1.68 bits per heavy atom. The van der Waals surface area contributed by atoms with E-state index in [2.05, 4.69) is 9.46 Å². The van der Waals surface area contributed by atoms with Crippen LogP contribution in [0.5, 0.6) is 0 Å². The number of rotatable bonds is 5. The lowest BCUT2D eigenvalue weighted by Crippen LogP contribution is -2.35. The Morgan fingerprint density at radius 3 is 2.27 bits per heavy atom. The highest BCUT2D eigenvalue weighted by molar-refractivity contribution is 7.89. The highest BCUT2D eigenvalue weighted by Gasteiger charge is 2.29. The van der Waals surface area contributed by atoms with Crippen molar-refractivity contribution in [2.24, 2.45) is 0 Å². The monoisotopic (exact) mass is 323 g/mol. The fourth-order valence-corrected chi connectivity index (χ4v) is 3.15. The number of esters is 1. The van der Waals surface area contributed by atoms with Gasteiger partial charge in [0.1, 0.15) is 16.8 Å². The Balaban J connectivity index is 2.39. The first kappa shape index (κ1) is 16.1. The number of nitrogens with one attached hydrogen (secondary N) is 1. The highest BCUT2D eigenvalue weighted by atomic mass is 32.2. The second-order valence-electron chi connectivity index (χ2n) is 4.42. The normalized spacial score (nSPS) is 12.6. The topological polar surface area (TPSA) is 72.5 Å². The van der Waals surface area contributed by atoms with E-state index in [1.165, 1.54) is 12.1 Å². The molecule has 0 aliphatic heterocycles. The minimum absolute atomic E-state index is 0.397. The molecule has 5 nitrogen and oxygen atoms in total. The van der Waals surface area contributed by atoms with Crippen molar-refractivity contribution in [1.29, 1.82) is 0 Å². The molecule has 2 rings (SSSR count). The summed E-state index contributed by atoms with van der Waals surface area (Å²) in [6.45, 7) is 0. The Labute approximate surface area is 127 Å². The van der Waals surface area contributed by atoms with E-state index in [9.17, 15) is 17.6 Å². The number of ether oxygens (including phenoxy) is 1. The molecule has 0 fully saturated rings. The van der Waals surface area contributed by atoms with Gasteiger partial charge in [0.15, 0.2) is 0 Å². The number of carbonyl (C=O) groups is 1. The van der Waals surface area contributed by atoms with Crippen molar-refractivity contribution in [3.8, 4) is 0 Å². The van der Waals surface area contributed by atoms with Gasteiger partial charge in [-0.15, -0.1) is 0 Å². The lowest BCUT2D eigenvalue weighted by atomic mass is 10.1. The second-order valence-corrected chi connectivity index (χ2v) is 6.10. The zero-order valence-corrected chi connectivity index (χ0v) is 12.5. The molecule has 0 spiro atoms. The molecule has 0 heterocycles. The summed E-state index contributed by atoms with van der Waals surface area (Å²) in [5.41, 5.74) is 0.397. The van der Waals surface area contributed by atoms with Crippen LogP contribution in [0.3, 0.4) is 0 Å². The van der Waals surface area contributed by atoms with Gasteiger partial charge >= 0.3 is 5.97 Å². The Bertz CT molecular complexity index is 762. The average molecular weight is 323 g/mol. The van der Waals surface area contributed by atoms with Gasteiger partial charge in [-0.05, 0) is 17.7 Å². The van der Waals surface area contributed by atoms with E-state index in [4.69, 9.17) is 0 Å². The molecule has 0 aromatic heterocycles. The van der Waals surface area contributed by atoms with Gasteiger partial charge in [-0.25, -0.2) is 17.6 Å². The lowest BCUT2D eigenvalue weighted by Gasteiger charge is -2.17. The summed E-state index contributed by atoms with van der Waals surface area (Å²) >= 11 is 0. The van der Waals surface area contributed by atoms with Crippen LogP contribution in [0.1, 0.15) is 11.6 Å². The van der Waals surface area contributed by atoms with Crippen LogP contribution in [-0.2, 0) is 19.6 Å². The fraction of sp³-hybridized carbons (Fsp3) is 0.133. The van der Waals surface area contributed by atoms with Crippen LogP contribution in [0.15, 0.2) is 59.5 Å². The molecule has 2 aromatic carbocycles. The van der Waals surface area contributed by atoms with Crippen LogP contribution in [0.2, 0.25) is 0 Å². The number of halogens is 1. The largest absolute Gasteiger partial charge is 0.468 e. The van der Waals surface area contributed by atoms with Crippen LogP contribution >= 0.6 is 0 Å². The zero-order chi connectivity index (χ0) is 16.2. The Morgan fingerprint density at radius 1 is 1.09 bits per heavy atom. The number of sulfonamides is 1. The standard InChI is InChI=1S/C15H14FNO4S/c1-21-15(18)14(11-7-3-2-4-8-11)17-22(19,20)13-10-6-5-9-12(13)16/h2-10,14,17H,1H3. The van der Waals surface area contributed by atoms with Gasteiger partial charge in [-0.3, -0.25) is 0 Å². The van der Waals surface area contributed by atoms with Gasteiger partial charge in [0, 0.05) is 0 Å². The first-order valence-corrected chi connectivity index (χ1v) is 7.83. The van der Waals surface area contributed by atoms with Crippen molar-refractivity contribution in [1.82, 2.24) is 4.72 Å². The molecule has 0 aliphatic rings. The van der Waals surface area contributed by atoms with E-state index in [1.54, 1.807) is 30.3 Å². The lowest BCUT2D eigenvalue weighted by molar-refractivity contribution is -0.142. The van der Waals surface area contributed by atoms with Crippen molar-refractivity contribution in [3.63, 3.8) is 0 Å². The number of carbonyl (C=O) groups excluding carboxylic acids is 1. The highest BCUT2D eigenvalue weighted by Crippen LogP contribution is 2.20. The maximum Gasteiger partial charge on any atom is 0.328 e. The summed E-state index contributed by atoms with van der Waals surface area (Å²) in [5.74, 6) is -1.68. The number of hydrogen-bond donors (Lipinski definition) is 1. The van der Waals surface area contributed by atoms with Gasteiger partial charge in [0.25, 0.3) is 0 Å². The molecule has 116 valence electrons. The second kappa shape index (κ2) is 6.67. The number of methoxy groups -OCH3 is 1. The molecular weight excluding hydrogens is 309 g/mol. The number of benzene rings is 2. The minimum Gasteiger partial charge on any atom is -0.468 e. The summed E-state index contributed by atoms with van der Waals surface area (Å²) in [7, 11) is -3.07. The van der Waals surface area contributed by atoms with E-state index in [0.29, 0.717) is 5.56 Å². The molecule has 1 N–H and O–H groups in total. The summed E-state index contributed by atoms with van der Waals surface area (Å²) in [5, 5.41) is 0. The van der Waals surface area contributed by atoms with Crippen LogP contribution in [0.4, 0.5) is 4.39 Å². The van der Waals surface area contributed by atoms with E-state index in [1.807, 2.05) is 0 Å². The van der Waals surface area contributed by atoms with Crippen molar-refractivity contribution in [3.05, 3.63) is 66.0 Å². The average Bonchev–Trinajstić information content (AvgIpc) is 2.53. The maximum atomic E-state index is 13.7. The molecule has 0 aliphatic carbocycles. The Hall–Kier alpha value is -2.25. The molecule has 0 radical (unpaired) electrons. The van der Waals surface area contributed by atoms with Crippen molar-refractivity contribution in [2.75, 3.05) is 7.11 Å². The third-order valence-corrected chi connectivity index (χ3v) is 4.43. The van der Waals surface area contributed by atoms with Gasteiger partial charge in [0.2, 0.25) is 10.0 Å². The van der Waals surface area contributed by atoms with Crippen LogP contribution < -0.4 is 4.72 Å². The molecule has 0 saturated heterocycles. The van der Waals surface area contributed by atoms with Gasteiger partial charge in [-0.2, -0.15) is 4.72 Å². The van der Waals surface area contributed by atoms with E-state index in [0.717, 1.165) is 19.2 Å². The molecule has 7 heteroatoms. The van der Waals surface area contributed by atoms with Crippen LogP contribution in [0.25, 0.3) is 0 Å². The first-order chi connectivity index (χ1) is 10.5. The summed E-state index contributed by atoms with van der Waals surface area (Å²) in [4.78, 5) is 11.3. The summed E-state index contributed by atoms with van der Waals surface area (Å²) < 4.78 is 45.1. The third-order valence-electron chi connectivity index (χ3n) is 2.97. The van der Waals surface area contributed by atoms with Crippen molar-refractivity contribution in [2.45, 2.75) is 10.9 Å². The smallest absolute Gasteiger partial charge is 0.328 e. The first-order valence-electron chi connectivity index (χ1n) is 6.35. The third kappa shape index (κ3) is 3.49.